The summed E-state index contributed by atoms with van der Waals surface area (Å²) in [5.74, 6) is 0.225. The van der Waals surface area contributed by atoms with Gasteiger partial charge in [-0.05, 0) is 35.9 Å². The van der Waals surface area contributed by atoms with E-state index < -0.39 is 0 Å². The zero-order chi connectivity index (χ0) is 16.5. The molecular weight excluding hydrogens is 316 g/mol. The second kappa shape index (κ2) is 6.29. The number of nitrogens with one attached hydrogen (secondary N) is 1. The topological polar surface area (TPSA) is 36.1 Å². The number of fused-ring (bicyclic) bond motifs is 1. The van der Waals surface area contributed by atoms with E-state index in [1.165, 1.54) is 27.6 Å². The summed E-state index contributed by atoms with van der Waals surface area (Å²) in [6.45, 7) is 3.63. The third-order valence-electron chi connectivity index (χ3n) is 4.74. The maximum absolute atomic E-state index is 12.4. The van der Waals surface area contributed by atoms with Crippen LogP contribution in [0.5, 0.6) is 0 Å². The molecule has 3 nitrogen and oxygen atoms in total. The second-order valence-corrected chi connectivity index (χ2v) is 7.31. The number of amides is 1. The van der Waals surface area contributed by atoms with Crippen molar-refractivity contribution in [3.8, 4) is 0 Å². The number of carbonyl (C=O) groups excluding carboxylic acids is 1. The highest BCUT2D eigenvalue weighted by Crippen LogP contribution is 2.30. The first kappa shape index (κ1) is 15.2. The Kier molecular flexibility index (Phi) is 3.98. The van der Waals surface area contributed by atoms with E-state index in [2.05, 4.69) is 42.4 Å². The van der Waals surface area contributed by atoms with Gasteiger partial charge in [0.2, 0.25) is 5.91 Å². The van der Waals surface area contributed by atoms with Crippen LogP contribution < -0.4 is 0 Å². The fourth-order valence-electron chi connectivity index (χ4n) is 3.39. The van der Waals surface area contributed by atoms with Crippen molar-refractivity contribution in [3.63, 3.8) is 0 Å². The number of nitrogens with zero attached hydrogens (tertiary/aromatic N) is 1. The first-order valence-corrected chi connectivity index (χ1v) is 9.16. The van der Waals surface area contributed by atoms with Crippen LogP contribution in [0.1, 0.15) is 22.4 Å². The summed E-state index contributed by atoms with van der Waals surface area (Å²) >= 11 is 1.65. The Balaban J connectivity index is 1.52. The van der Waals surface area contributed by atoms with Gasteiger partial charge in [-0.1, -0.05) is 30.3 Å². The van der Waals surface area contributed by atoms with E-state index in [1.807, 2.05) is 22.4 Å². The van der Waals surface area contributed by atoms with Gasteiger partial charge >= 0.3 is 0 Å². The lowest BCUT2D eigenvalue weighted by Crippen LogP contribution is -2.35. The molecule has 24 heavy (non-hydrogen) atoms. The van der Waals surface area contributed by atoms with Gasteiger partial charge < -0.3 is 9.88 Å². The Labute approximate surface area is 145 Å². The highest BCUT2D eigenvalue weighted by atomic mass is 32.1. The molecule has 4 heteroatoms. The molecule has 3 heterocycles. The largest absolute Gasteiger partial charge is 0.360 e. The van der Waals surface area contributed by atoms with Crippen LogP contribution in [0, 0.1) is 6.92 Å². The van der Waals surface area contributed by atoms with Crippen LogP contribution in [-0.2, 0) is 11.2 Å². The number of para-hydroxylation sites is 1. The molecule has 3 aromatic rings. The molecule has 122 valence electrons. The van der Waals surface area contributed by atoms with Gasteiger partial charge in [0.05, 0.1) is 6.42 Å². The number of aromatic amines is 1. The smallest absolute Gasteiger partial charge is 0.228 e. The number of aromatic nitrogens is 1. The van der Waals surface area contributed by atoms with Gasteiger partial charge in [0, 0.05) is 40.6 Å². The lowest BCUT2D eigenvalue weighted by molar-refractivity contribution is -0.130. The fourth-order valence-corrected chi connectivity index (χ4v) is 4.08. The Hall–Kier alpha value is -2.33. The van der Waals surface area contributed by atoms with Crippen LogP contribution in [0.15, 0.2) is 48.0 Å². The van der Waals surface area contributed by atoms with Crippen LogP contribution in [0.25, 0.3) is 16.5 Å². The molecule has 0 spiro atoms. The molecule has 0 atom stereocenters. The predicted octanol–water partition coefficient (Wildman–Crippen LogP) is 4.40. The zero-order valence-electron chi connectivity index (χ0n) is 13.7. The first-order chi connectivity index (χ1) is 11.7. The molecule has 0 aliphatic carbocycles. The molecule has 1 amide bonds. The Bertz CT molecular complexity index is 905. The average Bonchev–Trinajstić information content (AvgIpc) is 3.25. The number of benzene rings is 1. The van der Waals surface area contributed by atoms with Gasteiger partial charge in [0.1, 0.15) is 0 Å². The third kappa shape index (κ3) is 2.78. The molecular formula is C20H20N2OS. The molecule has 0 bridgehead atoms. The highest BCUT2D eigenvalue weighted by molar-refractivity contribution is 7.10. The monoisotopic (exact) mass is 336 g/mol. The molecule has 4 rings (SSSR count). The van der Waals surface area contributed by atoms with Crippen molar-refractivity contribution >= 4 is 33.7 Å². The van der Waals surface area contributed by atoms with Crippen LogP contribution >= 0.6 is 11.3 Å². The van der Waals surface area contributed by atoms with Gasteiger partial charge in [-0.3, -0.25) is 4.79 Å². The SMILES string of the molecule is Cc1cccc2c(C3=CCN(C(=O)Cc4cccs4)CC3)c[nH]c12. The van der Waals surface area contributed by atoms with Gasteiger partial charge in [-0.15, -0.1) is 11.3 Å². The summed E-state index contributed by atoms with van der Waals surface area (Å²) in [6, 6.07) is 10.4. The molecule has 0 unspecified atom stereocenters. The van der Waals surface area contributed by atoms with Gasteiger partial charge in [0.25, 0.3) is 0 Å². The summed E-state index contributed by atoms with van der Waals surface area (Å²) in [6.07, 6.45) is 5.75. The molecule has 1 N–H and O–H groups in total. The molecule has 1 aromatic carbocycles. The number of rotatable bonds is 3. The number of H-pyrrole nitrogens is 1. The van der Waals surface area contributed by atoms with Crippen molar-refractivity contribution in [2.75, 3.05) is 13.1 Å². The Morgan fingerprint density at radius 2 is 2.21 bits per heavy atom. The van der Waals surface area contributed by atoms with Crippen LogP contribution in [0.4, 0.5) is 0 Å². The maximum Gasteiger partial charge on any atom is 0.228 e. The van der Waals surface area contributed by atoms with E-state index >= 15 is 0 Å². The summed E-state index contributed by atoms with van der Waals surface area (Å²) in [4.78, 5) is 18.9. The first-order valence-electron chi connectivity index (χ1n) is 8.28. The number of thiophene rings is 1. The normalized spacial score (nSPS) is 14.9. The van der Waals surface area contributed by atoms with Crippen molar-refractivity contribution < 1.29 is 4.79 Å². The fraction of sp³-hybridized carbons (Fsp3) is 0.250. The molecule has 1 aliphatic rings. The molecule has 0 saturated carbocycles. The summed E-state index contributed by atoms with van der Waals surface area (Å²) in [7, 11) is 0. The summed E-state index contributed by atoms with van der Waals surface area (Å²) < 4.78 is 0. The lowest BCUT2D eigenvalue weighted by atomic mass is 9.98. The van der Waals surface area contributed by atoms with E-state index in [4.69, 9.17) is 0 Å². The summed E-state index contributed by atoms with van der Waals surface area (Å²) in [5.41, 5.74) is 5.10. The molecule has 0 radical (unpaired) electrons. The molecule has 2 aromatic heterocycles. The predicted molar refractivity (Wildman–Crippen MR) is 100 cm³/mol. The molecule has 0 saturated heterocycles. The van der Waals surface area contributed by atoms with E-state index in [0.717, 1.165) is 17.8 Å². The quantitative estimate of drug-likeness (QED) is 0.756. The number of aryl methyl sites for hydroxylation is 1. The van der Waals surface area contributed by atoms with Crippen molar-refractivity contribution in [1.82, 2.24) is 9.88 Å². The number of carbonyl (C=O) groups is 1. The van der Waals surface area contributed by atoms with Crippen molar-refractivity contribution in [3.05, 3.63) is 64.0 Å². The van der Waals surface area contributed by atoms with E-state index in [9.17, 15) is 4.79 Å². The van der Waals surface area contributed by atoms with Crippen molar-refractivity contribution in [2.45, 2.75) is 19.8 Å². The van der Waals surface area contributed by atoms with Crippen LogP contribution in [-0.4, -0.2) is 28.9 Å². The van der Waals surface area contributed by atoms with Crippen molar-refractivity contribution in [1.29, 1.82) is 0 Å². The van der Waals surface area contributed by atoms with Crippen LogP contribution in [0.2, 0.25) is 0 Å². The van der Waals surface area contributed by atoms with Crippen molar-refractivity contribution in [2.24, 2.45) is 0 Å². The number of hydrogen-bond acceptors (Lipinski definition) is 2. The highest BCUT2D eigenvalue weighted by Gasteiger charge is 2.20. The average molecular weight is 336 g/mol. The minimum Gasteiger partial charge on any atom is -0.360 e. The van der Waals surface area contributed by atoms with E-state index in [-0.39, 0.29) is 5.91 Å². The van der Waals surface area contributed by atoms with Gasteiger partial charge in [0.15, 0.2) is 0 Å². The Morgan fingerprint density at radius 3 is 2.96 bits per heavy atom. The minimum atomic E-state index is 0.225. The van der Waals surface area contributed by atoms with Gasteiger partial charge in [-0.25, -0.2) is 0 Å². The maximum atomic E-state index is 12.4. The molecule has 0 fully saturated rings. The number of hydrogen-bond donors (Lipinski definition) is 1. The lowest BCUT2D eigenvalue weighted by Gasteiger charge is -2.26. The second-order valence-electron chi connectivity index (χ2n) is 6.28. The summed E-state index contributed by atoms with van der Waals surface area (Å²) in [5, 5.41) is 3.30. The molecule has 1 aliphatic heterocycles. The Morgan fingerprint density at radius 1 is 1.29 bits per heavy atom. The zero-order valence-corrected chi connectivity index (χ0v) is 14.5. The van der Waals surface area contributed by atoms with E-state index in [0.29, 0.717) is 13.0 Å². The minimum absolute atomic E-state index is 0.225. The van der Waals surface area contributed by atoms with Crippen LogP contribution in [0.3, 0.4) is 0 Å². The van der Waals surface area contributed by atoms with E-state index in [1.54, 1.807) is 11.3 Å². The standard InChI is InChI=1S/C20H20N2OS/c1-14-4-2-6-17-18(13-21-20(14)17)15-7-9-22(10-8-15)19(23)12-16-5-3-11-24-16/h2-7,11,13,21H,8-10,12H2,1H3. The van der Waals surface area contributed by atoms with Gasteiger partial charge in [-0.2, -0.15) is 0 Å². The third-order valence-corrected chi connectivity index (χ3v) is 5.61.